The quantitative estimate of drug-likeness (QED) is 0.877. The zero-order chi connectivity index (χ0) is 13.8. The summed E-state index contributed by atoms with van der Waals surface area (Å²) in [6.07, 6.45) is -0.761. The van der Waals surface area contributed by atoms with Crippen molar-refractivity contribution < 1.29 is 15.0 Å². The molecule has 0 spiro atoms. The van der Waals surface area contributed by atoms with Crippen LogP contribution in [0.5, 0.6) is 0 Å². The predicted octanol–water partition coefficient (Wildman–Crippen LogP) is 1.30. The number of thioether (sulfide) groups is 1. The summed E-state index contributed by atoms with van der Waals surface area (Å²) in [5.41, 5.74) is 1.69. The molecule has 0 bridgehead atoms. The van der Waals surface area contributed by atoms with Gasteiger partial charge in [0.15, 0.2) is 5.12 Å². The first-order chi connectivity index (χ1) is 9.08. The van der Waals surface area contributed by atoms with Gasteiger partial charge in [-0.05, 0) is 12.1 Å². The Hall–Kier alpha value is -1.50. The van der Waals surface area contributed by atoms with Gasteiger partial charge in [0.1, 0.15) is 6.10 Å². The van der Waals surface area contributed by atoms with Gasteiger partial charge in [-0.15, -0.1) is 0 Å². The summed E-state index contributed by atoms with van der Waals surface area (Å²) in [4.78, 5) is 19.3. The van der Waals surface area contributed by atoms with E-state index >= 15 is 0 Å². The second kappa shape index (κ2) is 6.10. The smallest absolute Gasteiger partial charge is 0.185 e. The molecule has 0 amide bonds. The molecule has 0 fully saturated rings. The molecule has 1 aromatic carbocycles. The highest BCUT2D eigenvalue weighted by atomic mass is 32.2. The SMILES string of the molecule is CC(=O)SCC(O)C(O)c1cnc2ccccc2n1. The van der Waals surface area contributed by atoms with Crippen LogP contribution in [-0.4, -0.2) is 37.2 Å². The summed E-state index contributed by atoms with van der Waals surface area (Å²) in [6.45, 7) is 1.42. The molecule has 0 radical (unpaired) electrons. The van der Waals surface area contributed by atoms with Gasteiger partial charge >= 0.3 is 0 Å². The second-order valence-corrected chi connectivity index (χ2v) is 5.30. The molecule has 5 nitrogen and oxygen atoms in total. The first-order valence-corrected chi connectivity index (χ1v) is 6.77. The molecule has 2 rings (SSSR count). The van der Waals surface area contributed by atoms with Crippen molar-refractivity contribution in [1.82, 2.24) is 9.97 Å². The van der Waals surface area contributed by atoms with Gasteiger partial charge in [0.05, 0.1) is 29.0 Å². The Balaban J connectivity index is 2.16. The molecule has 2 aromatic rings. The van der Waals surface area contributed by atoms with Gasteiger partial charge in [-0.25, -0.2) is 4.98 Å². The van der Waals surface area contributed by atoms with Crippen LogP contribution in [0.25, 0.3) is 11.0 Å². The average molecular weight is 278 g/mol. The summed E-state index contributed by atoms with van der Waals surface area (Å²) < 4.78 is 0. The van der Waals surface area contributed by atoms with Crippen LogP contribution in [0.1, 0.15) is 18.7 Å². The third-order valence-corrected chi connectivity index (χ3v) is 3.51. The third-order valence-electron chi connectivity index (χ3n) is 2.59. The first kappa shape index (κ1) is 13.9. The van der Waals surface area contributed by atoms with Crippen molar-refractivity contribution in [2.24, 2.45) is 0 Å². The minimum atomic E-state index is -1.15. The monoisotopic (exact) mass is 278 g/mol. The van der Waals surface area contributed by atoms with Gasteiger partial charge in [-0.2, -0.15) is 0 Å². The number of fused-ring (bicyclic) bond motifs is 1. The predicted molar refractivity (Wildman–Crippen MR) is 73.6 cm³/mol. The molecule has 0 aliphatic carbocycles. The van der Waals surface area contributed by atoms with E-state index in [1.807, 2.05) is 18.2 Å². The third kappa shape index (κ3) is 3.50. The van der Waals surface area contributed by atoms with Crippen molar-refractivity contribution in [2.75, 3.05) is 5.75 Å². The number of hydrogen-bond donors (Lipinski definition) is 2. The summed E-state index contributed by atoms with van der Waals surface area (Å²) in [6, 6.07) is 7.29. The number of carbonyl (C=O) groups is 1. The summed E-state index contributed by atoms with van der Waals surface area (Å²) in [5, 5.41) is 19.7. The highest BCUT2D eigenvalue weighted by molar-refractivity contribution is 8.13. The maximum Gasteiger partial charge on any atom is 0.185 e. The largest absolute Gasteiger partial charge is 0.389 e. The molecule has 1 heterocycles. The van der Waals surface area contributed by atoms with Crippen LogP contribution >= 0.6 is 11.8 Å². The van der Waals surface area contributed by atoms with Crippen LogP contribution in [0, 0.1) is 0 Å². The summed E-state index contributed by atoms with van der Waals surface area (Å²) >= 11 is 0.969. The van der Waals surface area contributed by atoms with Gasteiger partial charge in [0.25, 0.3) is 0 Å². The number of carbonyl (C=O) groups excluding carboxylic acids is 1. The van der Waals surface area contributed by atoms with E-state index in [9.17, 15) is 15.0 Å². The van der Waals surface area contributed by atoms with Crippen molar-refractivity contribution in [3.05, 3.63) is 36.2 Å². The fourth-order valence-electron chi connectivity index (χ4n) is 1.60. The fraction of sp³-hybridized carbons (Fsp3) is 0.308. The van der Waals surface area contributed by atoms with Crippen molar-refractivity contribution in [1.29, 1.82) is 0 Å². The van der Waals surface area contributed by atoms with Gasteiger partial charge in [0, 0.05) is 12.7 Å². The molecule has 0 saturated carbocycles. The Morgan fingerprint density at radius 2 is 2.00 bits per heavy atom. The van der Waals surface area contributed by atoms with Gasteiger partial charge in [-0.3, -0.25) is 9.78 Å². The molecule has 0 aliphatic heterocycles. The fourth-order valence-corrected chi connectivity index (χ4v) is 2.19. The molecule has 6 heteroatoms. The number of aliphatic hydroxyl groups is 2. The normalized spacial score (nSPS) is 14.3. The standard InChI is InChI=1S/C13H14N2O3S/c1-8(16)19-7-12(17)13(18)11-6-14-9-4-2-3-5-10(9)15-11/h2-6,12-13,17-18H,7H2,1H3. The molecule has 2 atom stereocenters. The van der Waals surface area contributed by atoms with E-state index < -0.39 is 12.2 Å². The molecule has 2 unspecified atom stereocenters. The second-order valence-electron chi connectivity index (χ2n) is 4.10. The minimum Gasteiger partial charge on any atom is -0.389 e. The van der Waals surface area contributed by atoms with Gasteiger partial charge < -0.3 is 10.2 Å². The highest BCUT2D eigenvalue weighted by Gasteiger charge is 2.21. The summed E-state index contributed by atoms with van der Waals surface area (Å²) in [5.74, 6) is 0.130. The Bertz CT molecular complexity index is 591. The maximum atomic E-state index is 10.8. The van der Waals surface area contributed by atoms with E-state index in [2.05, 4.69) is 9.97 Å². The zero-order valence-corrected chi connectivity index (χ0v) is 11.2. The number of nitrogens with zero attached hydrogens (tertiary/aromatic N) is 2. The average Bonchev–Trinajstić information content (AvgIpc) is 2.43. The van der Waals surface area contributed by atoms with Crippen molar-refractivity contribution in [3.63, 3.8) is 0 Å². The lowest BCUT2D eigenvalue weighted by Gasteiger charge is -2.16. The lowest BCUT2D eigenvalue weighted by molar-refractivity contribution is -0.109. The Morgan fingerprint density at radius 3 is 2.68 bits per heavy atom. The summed E-state index contributed by atoms with van der Waals surface area (Å²) in [7, 11) is 0. The molecule has 2 N–H and O–H groups in total. The van der Waals surface area contributed by atoms with Crippen molar-refractivity contribution >= 4 is 27.9 Å². The van der Waals surface area contributed by atoms with Crippen LogP contribution in [0.2, 0.25) is 0 Å². The molecule has 1 aromatic heterocycles. The Morgan fingerprint density at radius 1 is 1.32 bits per heavy atom. The van der Waals surface area contributed by atoms with E-state index in [1.165, 1.54) is 13.1 Å². The van der Waals surface area contributed by atoms with Crippen molar-refractivity contribution in [3.8, 4) is 0 Å². The molecule has 100 valence electrons. The number of aliphatic hydroxyl groups excluding tert-OH is 2. The zero-order valence-electron chi connectivity index (χ0n) is 10.4. The van der Waals surface area contributed by atoms with Crippen LogP contribution in [0.4, 0.5) is 0 Å². The molecule has 0 saturated heterocycles. The number of rotatable bonds is 4. The highest BCUT2D eigenvalue weighted by Crippen LogP contribution is 2.19. The van der Waals surface area contributed by atoms with Crippen LogP contribution < -0.4 is 0 Å². The van der Waals surface area contributed by atoms with Crippen LogP contribution in [0.15, 0.2) is 30.5 Å². The topological polar surface area (TPSA) is 83.3 Å². The van der Waals surface area contributed by atoms with E-state index in [1.54, 1.807) is 6.07 Å². The maximum absolute atomic E-state index is 10.8. The Labute approximate surface area is 114 Å². The number of hydrogen-bond acceptors (Lipinski definition) is 6. The molecule has 0 aliphatic rings. The van der Waals surface area contributed by atoms with Crippen LogP contribution in [0.3, 0.4) is 0 Å². The van der Waals surface area contributed by atoms with E-state index in [-0.39, 0.29) is 10.9 Å². The molecule has 19 heavy (non-hydrogen) atoms. The van der Waals surface area contributed by atoms with Crippen LogP contribution in [-0.2, 0) is 4.79 Å². The lowest BCUT2D eigenvalue weighted by Crippen LogP contribution is -2.22. The molecular weight excluding hydrogens is 264 g/mol. The number of benzene rings is 1. The Kier molecular flexibility index (Phi) is 4.47. The number of aromatic nitrogens is 2. The first-order valence-electron chi connectivity index (χ1n) is 5.79. The van der Waals surface area contributed by atoms with E-state index in [0.29, 0.717) is 11.2 Å². The van der Waals surface area contributed by atoms with E-state index in [0.717, 1.165) is 17.3 Å². The van der Waals surface area contributed by atoms with Gasteiger partial charge in [0.2, 0.25) is 0 Å². The van der Waals surface area contributed by atoms with E-state index in [4.69, 9.17) is 0 Å². The molecular formula is C13H14N2O3S. The van der Waals surface area contributed by atoms with Crippen molar-refractivity contribution in [2.45, 2.75) is 19.1 Å². The minimum absolute atomic E-state index is 0.101. The lowest BCUT2D eigenvalue weighted by atomic mass is 10.1. The van der Waals surface area contributed by atoms with Gasteiger partial charge in [-0.1, -0.05) is 23.9 Å². The number of para-hydroxylation sites is 2.